The van der Waals surface area contributed by atoms with E-state index < -0.39 is 35.1 Å². The van der Waals surface area contributed by atoms with Crippen molar-refractivity contribution in [2.24, 2.45) is 0 Å². The van der Waals surface area contributed by atoms with Crippen LogP contribution in [0.2, 0.25) is 0 Å². The van der Waals surface area contributed by atoms with E-state index in [1.165, 1.54) is 23.3 Å². The van der Waals surface area contributed by atoms with Crippen molar-refractivity contribution in [2.45, 2.75) is 55.6 Å². The zero-order valence-corrected chi connectivity index (χ0v) is 23.8. The summed E-state index contributed by atoms with van der Waals surface area (Å²) in [6, 6.07) is 29.1. The van der Waals surface area contributed by atoms with Crippen molar-refractivity contribution in [2.75, 3.05) is 20.2 Å². The van der Waals surface area contributed by atoms with Gasteiger partial charge < -0.3 is 14.6 Å². The number of hydrogen-bond donors (Lipinski definition) is 2. The normalized spacial score (nSPS) is 22.1. The van der Waals surface area contributed by atoms with Gasteiger partial charge in [-0.2, -0.15) is 0 Å². The Balaban J connectivity index is 1.50. The molecular weight excluding hydrogens is 530 g/mol. The van der Waals surface area contributed by atoms with Crippen LogP contribution in [0, 0.1) is 0 Å². The van der Waals surface area contributed by atoms with Gasteiger partial charge in [-0.3, -0.25) is 19.2 Å². The molecule has 4 atom stereocenters. The second kappa shape index (κ2) is 12.1. The Hall–Kier alpha value is -3.98. The van der Waals surface area contributed by atoms with Crippen molar-refractivity contribution < 1.29 is 14.6 Å². The number of methoxy groups -OCH3 is 1. The Morgan fingerprint density at radius 2 is 1.45 bits per heavy atom. The molecule has 0 aliphatic carbocycles. The molecule has 2 fully saturated rings. The first-order valence-electron chi connectivity index (χ1n) is 14.7. The van der Waals surface area contributed by atoms with Gasteiger partial charge in [-0.15, -0.1) is 0 Å². The number of aliphatic hydroxyl groups is 1. The molecule has 218 valence electrons. The number of benzene rings is 3. The molecule has 3 heterocycles. The molecule has 6 rings (SSSR count). The first-order chi connectivity index (χ1) is 20.5. The summed E-state index contributed by atoms with van der Waals surface area (Å²) in [6.45, 7) is 1.79. The van der Waals surface area contributed by atoms with E-state index in [1.807, 2.05) is 84.9 Å². The summed E-state index contributed by atoms with van der Waals surface area (Å²) in [5.41, 5.74) is 0.796. The third-order valence-corrected chi connectivity index (χ3v) is 8.90. The standard InChI is InChI=1S/C34H37N3O5/c1-41-27-17-15-26(16-18-27)34(24-11-5-2-6-12-24,25-13-7-3-8-14-25)31(39)29-23-28(36-20-9-4-10-21-36)32(42-29)37-22-19-30(38)35-33(37)40/h2-3,5-8,11-19,22,28-29,31-32,39H,4,9-10,20-21,23H2,1H3,(H,35,38,40)/t28-,29+,31?,32-/m1/s1. The van der Waals surface area contributed by atoms with E-state index in [0.29, 0.717) is 6.42 Å². The first-order valence-corrected chi connectivity index (χ1v) is 14.7. The SMILES string of the molecule is COc1ccc(C(c2ccccc2)(c2ccccc2)C(O)[C@@H]2C[C@@H](N3CCCCC3)[C@H](n3ccc(=O)[nH]c3=O)O2)cc1. The molecule has 42 heavy (non-hydrogen) atoms. The molecule has 0 spiro atoms. The lowest BCUT2D eigenvalue weighted by Gasteiger charge is -2.42. The molecule has 2 aliphatic heterocycles. The lowest BCUT2D eigenvalue weighted by molar-refractivity contribution is -0.0847. The third kappa shape index (κ3) is 5.11. The van der Waals surface area contributed by atoms with E-state index in [9.17, 15) is 14.7 Å². The van der Waals surface area contributed by atoms with Crippen LogP contribution in [-0.2, 0) is 10.2 Å². The van der Waals surface area contributed by atoms with Crippen LogP contribution >= 0.6 is 0 Å². The molecule has 4 aromatic rings. The van der Waals surface area contributed by atoms with Gasteiger partial charge in [0.05, 0.1) is 30.8 Å². The lowest BCUT2D eigenvalue weighted by atomic mass is 9.64. The summed E-state index contributed by atoms with van der Waals surface area (Å²) < 4.78 is 13.7. The zero-order chi connectivity index (χ0) is 29.1. The topological polar surface area (TPSA) is 96.8 Å². The smallest absolute Gasteiger partial charge is 0.330 e. The van der Waals surface area contributed by atoms with Gasteiger partial charge in [0.25, 0.3) is 5.56 Å². The van der Waals surface area contributed by atoms with Crippen molar-refractivity contribution in [3.8, 4) is 5.75 Å². The molecule has 1 aromatic heterocycles. The Kier molecular flexibility index (Phi) is 8.11. The van der Waals surface area contributed by atoms with E-state index >= 15 is 0 Å². The van der Waals surface area contributed by atoms with E-state index in [0.717, 1.165) is 48.4 Å². The molecule has 8 nitrogen and oxygen atoms in total. The van der Waals surface area contributed by atoms with Crippen molar-refractivity contribution >= 4 is 0 Å². The summed E-state index contributed by atoms with van der Waals surface area (Å²) in [4.78, 5) is 29.6. The molecule has 2 N–H and O–H groups in total. The molecule has 8 heteroatoms. The van der Waals surface area contributed by atoms with Crippen LogP contribution < -0.4 is 16.0 Å². The van der Waals surface area contributed by atoms with Gasteiger partial charge in [-0.25, -0.2) is 4.79 Å². The monoisotopic (exact) mass is 567 g/mol. The van der Waals surface area contributed by atoms with Crippen LogP contribution in [0.1, 0.15) is 48.6 Å². The molecule has 2 saturated heterocycles. The number of aliphatic hydroxyl groups excluding tert-OH is 1. The van der Waals surface area contributed by atoms with Crippen molar-refractivity contribution in [1.82, 2.24) is 14.5 Å². The van der Waals surface area contributed by atoms with Crippen LogP contribution in [0.4, 0.5) is 0 Å². The molecule has 0 amide bonds. The number of aromatic amines is 1. The van der Waals surface area contributed by atoms with Crippen LogP contribution in [0.3, 0.4) is 0 Å². The molecule has 0 bridgehead atoms. The Labute approximate surface area is 245 Å². The third-order valence-electron chi connectivity index (χ3n) is 8.90. The minimum atomic E-state index is -1.02. The highest BCUT2D eigenvalue weighted by atomic mass is 16.5. The molecule has 0 saturated carbocycles. The Morgan fingerprint density at radius 3 is 2.02 bits per heavy atom. The van der Waals surface area contributed by atoms with Gasteiger partial charge in [0.15, 0.2) is 6.23 Å². The highest BCUT2D eigenvalue weighted by Gasteiger charge is 2.52. The lowest BCUT2D eigenvalue weighted by Crippen LogP contribution is -2.49. The summed E-state index contributed by atoms with van der Waals surface area (Å²) in [5, 5.41) is 12.7. The number of hydrogen-bond acceptors (Lipinski definition) is 6. The van der Waals surface area contributed by atoms with Gasteiger partial charge in [0, 0.05) is 12.3 Å². The maximum absolute atomic E-state index is 13.0. The van der Waals surface area contributed by atoms with E-state index in [4.69, 9.17) is 9.47 Å². The number of nitrogens with zero attached hydrogens (tertiary/aromatic N) is 2. The number of aromatic nitrogens is 2. The minimum absolute atomic E-state index is 0.145. The molecule has 0 radical (unpaired) electrons. The molecule has 3 aromatic carbocycles. The van der Waals surface area contributed by atoms with E-state index in [1.54, 1.807) is 7.11 Å². The summed E-state index contributed by atoms with van der Waals surface area (Å²) in [7, 11) is 1.64. The maximum atomic E-state index is 13.0. The number of H-pyrrole nitrogens is 1. The summed E-state index contributed by atoms with van der Waals surface area (Å²) in [5.74, 6) is 0.725. The van der Waals surface area contributed by atoms with Gasteiger partial charge in [0.2, 0.25) is 0 Å². The largest absolute Gasteiger partial charge is 0.497 e. The molecular formula is C34H37N3O5. The van der Waals surface area contributed by atoms with E-state index in [2.05, 4.69) is 9.88 Å². The Bertz CT molecular complexity index is 1540. The van der Waals surface area contributed by atoms with Gasteiger partial charge in [0.1, 0.15) is 5.75 Å². The van der Waals surface area contributed by atoms with Crippen molar-refractivity contribution in [3.63, 3.8) is 0 Å². The highest BCUT2D eigenvalue weighted by Crippen LogP contribution is 2.47. The fourth-order valence-electron chi connectivity index (χ4n) is 6.89. The number of piperidine rings is 1. The van der Waals surface area contributed by atoms with Crippen LogP contribution in [0.5, 0.6) is 5.75 Å². The number of rotatable bonds is 8. The van der Waals surface area contributed by atoms with Crippen LogP contribution in [0.15, 0.2) is 107 Å². The highest BCUT2D eigenvalue weighted by molar-refractivity contribution is 5.53. The minimum Gasteiger partial charge on any atom is -0.497 e. The van der Waals surface area contributed by atoms with Crippen LogP contribution in [-0.4, -0.2) is 58.0 Å². The fraction of sp³-hybridized carbons (Fsp3) is 0.353. The second-order valence-electron chi connectivity index (χ2n) is 11.2. The maximum Gasteiger partial charge on any atom is 0.330 e. The predicted molar refractivity (Wildman–Crippen MR) is 161 cm³/mol. The van der Waals surface area contributed by atoms with Gasteiger partial charge in [-0.1, -0.05) is 79.2 Å². The van der Waals surface area contributed by atoms with Crippen molar-refractivity contribution in [3.05, 3.63) is 135 Å². The quantitative estimate of drug-likeness (QED) is 0.312. The van der Waals surface area contributed by atoms with Crippen molar-refractivity contribution in [1.29, 1.82) is 0 Å². The second-order valence-corrected chi connectivity index (χ2v) is 11.2. The average Bonchev–Trinajstić information content (AvgIpc) is 3.48. The fourth-order valence-corrected chi connectivity index (χ4v) is 6.89. The van der Waals surface area contributed by atoms with E-state index in [-0.39, 0.29) is 6.04 Å². The summed E-state index contributed by atoms with van der Waals surface area (Å²) in [6.07, 6.45) is 3.03. The number of likely N-dealkylation sites (tertiary alicyclic amines) is 1. The average molecular weight is 568 g/mol. The van der Waals surface area contributed by atoms with Gasteiger partial charge >= 0.3 is 5.69 Å². The predicted octanol–water partition coefficient (Wildman–Crippen LogP) is 4.08. The number of nitrogens with one attached hydrogen (secondary N) is 1. The summed E-state index contributed by atoms with van der Waals surface area (Å²) >= 11 is 0. The molecule has 1 unspecified atom stereocenters. The molecule has 2 aliphatic rings. The van der Waals surface area contributed by atoms with Crippen LogP contribution in [0.25, 0.3) is 0 Å². The number of ether oxygens (including phenoxy) is 2. The zero-order valence-electron chi connectivity index (χ0n) is 23.8. The first kappa shape index (κ1) is 28.2. The Morgan fingerprint density at radius 1 is 0.857 bits per heavy atom. The van der Waals surface area contributed by atoms with Gasteiger partial charge in [-0.05, 0) is 61.2 Å².